The number of hydrogen-bond acceptors (Lipinski definition) is 2. The van der Waals surface area contributed by atoms with Gasteiger partial charge < -0.3 is 5.11 Å². The van der Waals surface area contributed by atoms with E-state index >= 15 is 0 Å². The van der Waals surface area contributed by atoms with Gasteiger partial charge in [0, 0.05) is 24.6 Å². The minimum atomic E-state index is -0.279. The predicted molar refractivity (Wildman–Crippen MR) is 85.4 cm³/mol. The van der Waals surface area contributed by atoms with Crippen molar-refractivity contribution in [3.8, 4) is 11.8 Å². The maximum absolute atomic E-state index is 13.4. The predicted octanol–water partition coefficient (Wildman–Crippen LogP) is 3.43. The molecule has 0 radical (unpaired) electrons. The van der Waals surface area contributed by atoms with Crippen molar-refractivity contribution in [3.63, 3.8) is 0 Å². The Morgan fingerprint density at radius 3 is 2.57 bits per heavy atom. The SMILES string of the molecule is CC(N(C)Cc1ccc(F)cc1C#CCCO)C(C)(C)C. The van der Waals surface area contributed by atoms with Crippen LogP contribution >= 0.6 is 0 Å². The second kappa shape index (κ2) is 7.59. The van der Waals surface area contributed by atoms with E-state index in [0.29, 0.717) is 18.0 Å². The highest BCUT2D eigenvalue weighted by Gasteiger charge is 2.24. The minimum Gasteiger partial charge on any atom is -0.395 e. The van der Waals surface area contributed by atoms with Gasteiger partial charge >= 0.3 is 0 Å². The van der Waals surface area contributed by atoms with Crippen molar-refractivity contribution in [1.82, 2.24) is 4.90 Å². The van der Waals surface area contributed by atoms with Crippen LogP contribution in [0.25, 0.3) is 0 Å². The number of nitrogens with zero attached hydrogens (tertiary/aromatic N) is 1. The maximum Gasteiger partial charge on any atom is 0.124 e. The summed E-state index contributed by atoms with van der Waals surface area (Å²) < 4.78 is 13.4. The summed E-state index contributed by atoms with van der Waals surface area (Å²) in [5.74, 6) is 5.55. The van der Waals surface area contributed by atoms with Crippen molar-refractivity contribution in [2.45, 2.75) is 46.7 Å². The van der Waals surface area contributed by atoms with Gasteiger partial charge in [0.1, 0.15) is 5.82 Å². The van der Waals surface area contributed by atoms with Gasteiger partial charge in [-0.05, 0) is 37.1 Å². The highest BCUT2D eigenvalue weighted by molar-refractivity contribution is 5.41. The first kappa shape index (κ1) is 17.7. The molecule has 1 aromatic rings. The normalized spacial score (nSPS) is 13.0. The lowest BCUT2D eigenvalue weighted by atomic mass is 9.87. The van der Waals surface area contributed by atoms with E-state index in [9.17, 15) is 4.39 Å². The van der Waals surface area contributed by atoms with Crippen LogP contribution in [-0.4, -0.2) is 29.7 Å². The fourth-order valence-corrected chi connectivity index (χ4v) is 2.08. The van der Waals surface area contributed by atoms with Crippen LogP contribution in [-0.2, 0) is 6.54 Å². The van der Waals surface area contributed by atoms with Gasteiger partial charge in [-0.1, -0.05) is 38.7 Å². The van der Waals surface area contributed by atoms with E-state index in [-0.39, 0.29) is 17.8 Å². The average Bonchev–Trinajstić information content (AvgIpc) is 2.40. The molecule has 0 aliphatic carbocycles. The number of benzene rings is 1. The van der Waals surface area contributed by atoms with Gasteiger partial charge in [-0.3, -0.25) is 4.90 Å². The van der Waals surface area contributed by atoms with Crippen molar-refractivity contribution in [1.29, 1.82) is 0 Å². The fraction of sp³-hybridized carbons (Fsp3) is 0.556. The molecule has 0 saturated heterocycles. The second-order valence-corrected chi connectivity index (χ2v) is 6.53. The van der Waals surface area contributed by atoms with Gasteiger partial charge in [-0.2, -0.15) is 0 Å². The summed E-state index contributed by atoms with van der Waals surface area (Å²) in [6.45, 7) is 9.57. The van der Waals surface area contributed by atoms with E-state index in [4.69, 9.17) is 5.11 Å². The Morgan fingerprint density at radius 1 is 1.33 bits per heavy atom. The summed E-state index contributed by atoms with van der Waals surface area (Å²) >= 11 is 0. The molecule has 0 aliphatic heterocycles. The lowest BCUT2D eigenvalue weighted by molar-refractivity contribution is 0.134. The van der Waals surface area contributed by atoms with Gasteiger partial charge in [0.05, 0.1) is 6.61 Å². The molecule has 0 saturated carbocycles. The highest BCUT2D eigenvalue weighted by atomic mass is 19.1. The van der Waals surface area contributed by atoms with Gasteiger partial charge in [0.25, 0.3) is 0 Å². The Morgan fingerprint density at radius 2 is 2.00 bits per heavy atom. The number of aliphatic hydroxyl groups excluding tert-OH is 1. The molecule has 0 fully saturated rings. The third kappa shape index (κ3) is 5.49. The van der Waals surface area contributed by atoms with E-state index in [1.165, 1.54) is 12.1 Å². The summed E-state index contributed by atoms with van der Waals surface area (Å²) in [7, 11) is 2.07. The molecule has 3 heteroatoms. The molecular weight excluding hydrogens is 265 g/mol. The molecular formula is C18H26FNO. The standard InChI is InChI=1S/C18H26FNO/c1-14(18(2,3)4)20(5)13-16-9-10-17(19)12-15(16)8-6-7-11-21/h9-10,12,14,21H,7,11,13H2,1-5H3. The molecule has 0 spiro atoms. The number of rotatable bonds is 4. The van der Waals surface area contributed by atoms with Crippen molar-refractivity contribution in [3.05, 3.63) is 35.1 Å². The third-order valence-electron chi connectivity index (χ3n) is 3.87. The quantitative estimate of drug-likeness (QED) is 0.859. The van der Waals surface area contributed by atoms with Crippen LogP contribution in [0.4, 0.5) is 4.39 Å². The van der Waals surface area contributed by atoms with Crippen LogP contribution in [0, 0.1) is 23.1 Å². The monoisotopic (exact) mass is 291 g/mol. The Balaban J connectivity index is 2.95. The molecule has 0 amide bonds. The molecule has 0 aromatic heterocycles. The Bertz CT molecular complexity index is 522. The summed E-state index contributed by atoms with van der Waals surface area (Å²) in [5, 5.41) is 8.79. The van der Waals surface area contributed by atoms with E-state index < -0.39 is 0 Å². The molecule has 116 valence electrons. The van der Waals surface area contributed by atoms with E-state index in [1.54, 1.807) is 6.07 Å². The van der Waals surface area contributed by atoms with E-state index in [2.05, 4.69) is 51.5 Å². The van der Waals surface area contributed by atoms with Crippen LogP contribution in [0.3, 0.4) is 0 Å². The van der Waals surface area contributed by atoms with Crippen LogP contribution in [0.5, 0.6) is 0 Å². The highest BCUT2D eigenvalue weighted by Crippen LogP contribution is 2.24. The van der Waals surface area contributed by atoms with Crippen LogP contribution < -0.4 is 0 Å². The van der Waals surface area contributed by atoms with Crippen molar-refractivity contribution >= 4 is 0 Å². The number of aliphatic hydroxyl groups is 1. The largest absolute Gasteiger partial charge is 0.395 e. The lowest BCUT2D eigenvalue weighted by Gasteiger charge is -2.35. The van der Waals surface area contributed by atoms with Gasteiger partial charge in [-0.15, -0.1) is 0 Å². The van der Waals surface area contributed by atoms with Crippen LogP contribution in [0.1, 0.15) is 45.2 Å². The number of hydrogen-bond donors (Lipinski definition) is 1. The van der Waals surface area contributed by atoms with Crippen LogP contribution in [0.15, 0.2) is 18.2 Å². The Labute approximate surface area is 128 Å². The topological polar surface area (TPSA) is 23.5 Å². The molecule has 1 rings (SSSR count). The first-order chi connectivity index (χ1) is 9.75. The first-order valence-electron chi connectivity index (χ1n) is 7.34. The van der Waals surface area contributed by atoms with Crippen molar-refractivity contribution in [2.24, 2.45) is 5.41 Å². The molecule has 1 unspecified atom stereocenters. The first-order valence-corrected chi connectivity index (χ1v) is 7.34. The van der Waals surface area contributed by atoms with Gasteiger partial charge in [-0.25, -0.2) is 4.39 Å². The number of halogens is 1. The van der Waals surface area contributed by atoms with Crippen molar-refractivity contribution in [2.75, 3.05) is 13.7 Å². The molecule has 1 aromatic carbocycles. The zero-order chi connectivity index (χ0) is 16.0. The smallest absolute Gasteiger partial charge is 0.124 e. The lowest BCUT2D eigenvalue weighted by Crippen LogP contribution is -2.38. The molecule has 0 aliphatic rings. The van der Waals surface area contributed by atoms with Crippen LogP contribution in [0.2, 0.25) is 0 Å². The zero-order valence-corrected chi connectivity index (χ0v) is 13.7. The summed E-state index contributed by atoms with van der Waals surface area (Å²) in [6, 6.07) is 5.13. The minimum absolute atomic E-state index is 0.0264. The summed E-state index contributed by atoms with van der Waals surface area (Å²) in [6.07, 6.45) is 0.407. The molecule has 0 bridgehead atoms. The Hall–Kier alpha value is -1.37. The second-order valence-electron chi connectivity index (χ2n) is 6.53. The molecule has 0 heterocycles. The fourth-order valence-electron chi connectivity index (χ4n) is 2.08. The maximum atomic E-state index is 13.4. The molecule has 1 atom stereocenters. The Kier molecular flexibility index (Phi) is 6.39. The zero-order valence-electron chi connectivity index (χ0n) is 13.7. The molecule has 1 N–H and O–H groups in total. The summed E-state index contributed by atoms with van der Waals surface area (Å²) in [4.78, 5) is 2.25. The van der Waals surface area contributed by atoms with E-state index in [0.717, 1.165) is 12.1 Å². The molecule has 2 nitrogen and oxygen atoms in total. The molecule has 21 heavy (non-hydrogen) atoms. The van der Waals surface area contributed by atoms with E-state index in [1.807, 2.05) is 0 Å². The van der Waals surface area contributed by atoms with Gasteiger partial charge in [0.15, 0.2) is 0 Å². The van der Waals surface area contributed by atoms with Crippen molar-refractivity contribution < 1.29 is 9.50 Å². The average molecular weight is 291 g/mol. The van der Waals surface area contributed by atoms with Gasteiger partial charge in [0.2, 0.25) is 0 Å². The summed E-state index contributed by atoms with van der Waals surface area (Å²) in [5.41, 5.74) is 1.90. The third-order valence-corrected chi connectivity index (χ3v) is 3.87.